The first-order valence-corrected chi connectivity index (χ1v) is 14.0. The van der Waals surface area contributed by atoms with Gasteiger partial charge in [-0.25, -0.2) is 9.97 Å². The van der Waals surface area contributed by atoms with Crippen molar-refractivity contribution in [1.29, 1.82) is 0 Å². The average molecular weight is 582 g/mol. The standard InChI is InChI=1S/C31H28ClN7O3/c1-19-12-14-33-26(17-19)36-30(40)20-6-10-24(11-7-20)42-25-13-15-34-28-27(25)29(38-37-28)35-23-3-2-16-39(18-23)31(41)21-4-8-22(32)9-5-21/h4-15,17,23H,2-3,16,18H2,1H3,(H,33,36,40)(H2,34,35,37,38). The first-order valence-electron chi connectivity index (χ1n) is 13.6. The fourth-order valence-corrected chi connectivity index (χ4v) is 5.08. The highest BCUT2D eigenvalue weighted by atomic mass is 35.5. The molecule has 42 heavy (non-hydrogen) atoms. The molecule has 2 amide bonds. The van der Waals surface area contributed by atoms with Gasteiger partial charge in [0.15, 0.2) is 11.5 Å². The molecule has 1 atom stereocenters. The number of likely N-dealkylation sites (tertiary alicyclic amines) is 1. The quantitative estimate of drug-likeness (QED) is 0.213. The Labute approximate surface area is 247 Å². The summed E-state index contributed by atoms with van der Waals surface area (Å²) in [5, 5.41) is 15.0. The summed E-state index contributed by atoms with van der Waals surface area (Å²) in [6.07, 6.45) is 5.04. The zero-order valence-electron chi connectivity index (χ0n) is 22.8. The third-order valence-electron chi connectivity index (χ3n) is 7.07. The summed E-state index contributed by atoms with van der Waals surface area (Å²) in [4.78, 5) is 36.2. The maximum Gasteiger partial charge on any atom is 0.256 e. The lowest BCUT2D eigenvalue weighted by Gasteiger charge is -2.33. The number of pyridine rings is 2. The number of aromatic amines is 1. The van der Waals surface area contributed by atoms with Crippen LogP contribution in [0.5, 0.6) is 11.5 Å². The van der Waals surface area contributed by atoms with Crippen LogP contribution >= 0.6 is 11.6 Å². The van der Waals surface area contributed by atoms with Crippen molar-refractivity contribution in [3.05, 3.63) is 101 Å². The minimum absolute atomic E-state index is 0.00440. The van der Waals surface area contributed by atoms with Crippen molar-refractivity contribution in [1.82, 2.24) is 25.1 Å². The molecule has 3 aromatic heterocycles. The molecule has 11 heteroatoms. The van der Waals surface area contributed by atoms with Crippen molar-refractivity contribution < 1.29 is 14.3 Å². The number of carbonyl (C=O) groups excluding carboxylic acids is 2. The summed E-state index contributed by atoms with van der Waals surface area (Å²) >= 11 is 5.99. The van der Waals surface area contributed by atoms with Gasteiger partial charge < -0.3 is 20.3 Å². The molecule has 1 aliphatic heterocycles. The van der Waals surface area contributed by atoms with E-state index in [2.05, 4.69) is 30.8 Å². The van der Waals surface area contributed by atoms with Gasteiger partial charge in [-0.15, -0.1) is 0 Å². The van der Waals surface area contributed by atoms with Crippen molar-refractivity contribution in [2.75, 3.05) is 23.7 Å². The third-order valence-corrected chi connectivity index (χ3v) is 7.32. The molecule has 0 radical (unpaired) electrons. The number of piperidine rings is 1. The van der Waals surface area contributed by atoms with Crippen LogP contribution in [0.4, 0.5) is 11.6 Å². The topological polar surface area (TPSA) is 125 Å². The first kappa shape index (κ1) is 27.2. The second kappa shape index (κ2) is 11.9. The predicted molar refractivity (Wildman–Crippen MR) is 161 cm³/mol. The van der Waals surface area contributed by atoms with Crippen LogP contribution in [0.15, 0.2) is 79.1 Å². The summed E-state index contributed by atoms with van der Waals surface area (Å²) in [5.74, 6) is 1.92. The van der Waals surface area contributed by atoms with E-state index in [1.807, 2.05) is 24.0 Å². The number of amides is 2. The molecule has 3 N–H and O–H groups in total. The zero-order valence-corrected chi connectivity index (χ0v) is 23.6. The van der Waals surface area contributed by atoms with Crippen LogP contribution in [0.3, 0.4) is 0 Å². The molecule has 212 valence electrons. The minimum Gasteiger partial charge on any atom is -0.456 e. The molecule has 1 fully saturated rings. The maximum absolute atomic E-state index is 13.1. The number of benzene rings is 2. The van der Waals surface area contributed by atoms with E-state index in [9.17, 15) is 9.59 Å². The number of aryl methyl sites for hydroxylation is 1. The van der Waals surface area contributed by atoms with Crippen LogP contribution < -0.4 is 15.4 Å². The number of hydrogen-bond donors (Lipinski definition) is 3. The van der Waals surface area contributed by atoms with Gasteiger partial charge in [-0.05, 0) is 86.0 Å². The van der Waals surface area contributed by atoms with E-state index in [1.54, 1.807) is 67.0 Å². The van der Waals surface area contributed by atoms with Crippen LogP contribution in [0.2, 0.25) is 5.02 Å². The molecule has 0 saturated carbocycles. The molecule has 2 aromatic carbocycles. The van der Waals surface area contributed by atoms with Gasteiger partial charge in [0.2, 0.25) is 0 Å². The van der Waals surface area contributed by atoms with E-state index in [-0.39, 0.29) is 17.9 Å². The van der Waals surface area contributed by atoms with Gasteiger partial charge in [-0.2, -0.15) is 5.10 Å². The number of halogens is 1. The van der Waals surface area contributed by atoms with Crippen molar-refractivity contribution in [3.63, 3.8) is 0 Å². The van der Waals surface area contributed by atoms with Crippen LogP contribution in [-0.2, 0) is 0 Å². The van der Waals surface area contributed by atoms with Gasteiger partial charge in [-0.3, -0.25) is 14.7 Å². The minimum atomic E-state index is -0.261. The number of aromatic nitrogens is 4. The summed E-state index contributed by atoms with van der Waals surface area (Å²) in [6.45, 7) is 3.16. The molecule has 5 aromatic rings. The number of nitrogens with zero attached hydrogens (tertiary/aromatic N) is 4. The largest absolute Gasteiger partial charge is 0.456 e. The monoisotopic (exact) mass is 581 g/mol. The second-order valence-electron chi connectivity index (χ2n) is 10.1. The Morgan fingerprint density at radius 1 is 1.00 bits per heavy atom. The Bertz CT molecular complexity index is 1740. The van der Waals surface area contributed by atoms with Gasteiger partial charge in [0, 0.05) is 53.7 Å². The highest BCUT2D eigenvalue weighted by Crippen LogP contribution is 2.34. The highest BCUT2D eigenvalue weighted by Gasteiger charge is 2.26. The lowest BCUT2D eigenvalue weighted by atomic mass is 10.0. The number of fused-ring (bicyclic) bond motifs is 1. The molecule has 4 heterocycles. The van der Waals surface area contributed by atoms with Crippen LogP contribution in [0, 0.1) is 6.92 Å². The molecular weight excluding hydrogens is 554 g/mol. The molecule has 0 spiro atoms. The van der Waals surface area contributed by atoms with E-state index < -0.39 is 0 Å². The number of ether oxygens (including phenoxy) is 1. The lowest BCUT2D eigenvalue weighted by molar-refractivity contribution is 0.0714. The van der Waals surface area contributed by atoms with Gasteiger partial charge in [0.1, 0.15) is 22.7 Å². The molecule has 10 nitrogen and oxygen atoms in total. The SMILES string of the molecule is Cc1ccnc(NC(=O)c2ccc(Oc3ccnc4[nH]nc(NC5CCCN(C(=O)c6ccc(Cl)cc6)C5)c34)cc2)c1. The average Bonchev–Trinajstić information content (AvgIpc) is 3.41. The normalized spacial score (nSPS) is 14.9. The Morgan fingerprint density at radius 2 is 1.76 bits per heavy atom. The fraction of sp³-hybridized carbons (Fsp3) is 0.194. The fourth-order valence-electron chi connectivity index (χ4n) is 4.95. The number of H-pyrrole nitrogens is 1. The van der Waals surface area contributed by atoms with Gasteiger partial charge in [0.25, 0.3) is 11.8 Å². The Balaban J connectivity index is 1.15. The predicted octanol–water partition coefficient (Wildman–Crippen LogP) is 6.08. The zero-order chi connectivity index (χ0) is 29.1. The summed E-state index contributed by atoms with van der Waals surface area (Å²) < 4.78 is 6.22. The number of nitrogens with one attached hydrogen (secondary N) is 3. The molecule has 0 bridgehead atoms. The molecule has 1 aliphatic rings. The molecule has 6 rings (SSSR count). The highest BCUT2D eigenvalue weighted by molar-refractivity contribution is 6.30. The van der Waals surface area contributed by atoms with Crippen molar-refractivity contribution in [2.24, 2.45) is 0 Å². The lowest BCUT2D eigenvalue weighted by Crippen LogP contribution is -2.45. The molecular formula is C31H28ClN7O3. The smallest absolute Gasteiger partial charge is 0.256 e. The molecule has 0 aliphatic carbocycles. The molecule has 1 saturated heterocycles. The number of rotatable bonds is 7. The van der Waals surface area contributed by atoms with Gasteiger partial charge in [0.05, 0.1) is 0 Å². The Morgan fingerprint density at radius 3 is 2.55 bits per heavy atom. The van der Waals surface area contributed by atoms with E-state index in [0.29, 0.717) is 63.4 Å². The summed E-state index contributed by atoms with van der Waals surface area (Å²) in [5.41, 5.74) is 2.67. The van der Waals surface area contributed by atoms with Crippen molar-refractivity contribution >= 4 is 46.1 Å². The third kappa shape index (κ3) is 6.03. The number of hydrogen-bond acceptors (Lipinski definition) is 7. The summed E-state index contributed by atoms with van der Waals surface area (Å²) in [7, 11) is 0. The van der Waals surface area contributed by atoms with Gasteiger partial charge in [-0.1, -0.05) is 11.6 Å². The number of anilines is 2. The Hall–Kier alpha value is -4.96. The van der Waals surface area contributed by atoms with E-state index in [0.717, 1.165) is 18.4 Å². The van der Waals surface area contributed by atoms with Crippen LogP contribution in [0.25, 0.3) is 11.0 Å². The van der Waals surface area contributed by atoms with E-state index in [1.165, 1.54) is 0 Å². The second-order valence-corrected chi connectivity index (χ2v) is 10.6. The van der Waals surface area contributed by atoms with E-state index in [4.69, 9.17) is 16.3 Å². The van der Waals surface area contributed by atoms with Crippen LogP contribution in [-0.4, -0.2) is 56.0 Å². The Kier molecular flexibility index (Phi) is 7.70. The van der Waals surface area contributed by atoms with Crippen LogP contribution in [0.1, 0.15) is 39.1 Å². The van der Waals surface area contributed by atoms with E-state index >= 15 is 0 Å². The van der Waals surface area contributed by atoms with Crippen molar-refractivity contribution in [2.45, 2.75) is 25.8 Å². The molecule has 1 unspecified atom stereocenters. The van der Waals surface area contributed by atoms with Crippen molar-refractivity contribution in [3.8, 4) is 11.5 Å². The maximum atomic E-state index is 13.1. The first-order chi connectivity index (χ1) is 20.4. The number of carbonyl (C=O) groups is 2. The van der Waals surface area contributed by atoms with Gasteiger partial charge >= 0.3 is 0 Å². The summed E-state index contributed by atoms with van der Waals surface area (Å²) in [6, 6.07) is 19.3.